The summed E-state index contributed by atoms with van der Waals surface area (Å²) in [7, 11) is 3.52. The molecule has 0 radical (unpaired) electrons. The molecule has 2 fully saturated rings. The van der Waals surface area contributed by atoms with Gasteiger partial charge in [-0.15, -0.1) is 0 Å². The summed E-state index contributed by atoms with van der Waals surface area (Å²) in [6.45, 7) is 1.14. The van der Waals surface area contributed by atoms with Gasteiger partial charge in [0.2, 0.25) is 0 Å². The van der Waals surface area contributed by atoms with Gasteiger partial charge in [-0.3, -0.25) is 4.79 Å². The number of amides is 1. The maximum atomic E-state index is 14.3. The third kappa shape index (κ3) is 4.91. The number of halogens is 1. The fraction of sp³-hybridized carbons (Fsp3) is 0.314. The first-order valence-electron chi connectivity index (χ1n) is 15.6. The minimum atomic E-state index is -1.15. The molecule has 0 bridgehead atoms. The van der Waals surface area contributed by atoms with Crippen LogP contribution in [0.2, 0.25) is 0 Å². The molecule has 2 aromatic carbocycles. The lowest BCUT2D eigenvalue weighted by Gasteiger charge is -2.33. The Morgan fingerprint density at radius 2 is 1.89 bits per heavy atom. The molecular weight excluding hydrogens is 585 g/mol. The molecule has 1 amide bonds. The summed E-state index contributed by atoms with van der Waals surface area (Å²) in [5.74, 6) is 1.52. The molecule has 11 heteroatoms. The number of ether oxygens (including phenoxy) is 1. The number of rotatable bonds is 6. The van der Waals surface area contributed by atoms with Gasteiger partial charge in [-0.25, -0.2) is 14.4 Å². The highest BCUT2D eigenvalue weighted by molar-refractivity contribution is 6.00. The van der Waals surface area contributed by atoms with Gasteiger partial charge in [0.25, 0.3) is 5.91 Å². The quantitative estimate of drug-likeness (QED) is 0.208. The Balaban J connectivity index is 1.23. The zero-order valence-corrected chi connectivity index (χ0v) is 25.7. The predicted octanol–water partition coefficient (Wildman–Crippen LogP) is 4.97. The molecule has 234 valence electrons. The van der Waals surface area contributed by atoms with E-state index in [1.165, 1.54) is 23.9 Å². The van der Waals surface area contributed by atoms with E-state index >= 15 is 0 Å². The van der Waals surface area contributed by atoms with Crippen LogP contribution in [0, 0.1) is 11.1 Å². The number of nitrogens with zero attached hydrogens (tertiary/aromatic N) is 6. The standard InChI is InChI=1S/C35H34FN7O3/c1-40-32-29(12-24(14-31(32)46-2)35(44)41-18-26(36)15-27(37)19-41)39-34(40)30-13-23-7-8-28(38-33(23)43(30)16-20-3-4-20)22-6-5-21-9-10-42(45)17-25(21)11-22/h5-14,17,20,26-27H,3-4,15-16,18-19,37H2,1-2H3/t26-,27-/m1/s1. The Hall–Kier alpha value is -5.03. The molecule has 8 rings (SSSR count). The van der Waals surface area contributed by atoms with Crippen molar-refractivity contribution in [2.24, 2.45) is 18.7 Å². The molecule has 2 atom stereocenters. The van der Waals surface area contributed by atoms with Crippen LogP contribution in [-0.4, -0.2) is 62.3 Å². The van der Waals surface area contributed by atoms with E-state index in [0.717, 1.165) is 61.4 Å². The van der Waals surface area contributed by atoms with Gasteiger partial charge < -0.3 is 29.7 Å². The molecule has 1 saturated carbocycles. The van der Waals surface area contributed by atoms with Crippen LogP contribution in [-0.2, 0) is 13.6 Å². The second-order valence-electron chi connectivity index (χ2n) is 12.7. The zero-order valence-electron chi connectivity index (χ0n) is 25.7. The average Bonchev–Trinajstić information content (AvgIpc) is 3.72. The fourth-order valence-electron chi connectivity index (χ4n) is 6.79. The monoisotopic (exact) mass is 619 g/mol. The lowest BCUT2D eigenvalue weighted by Crippen LogP contribution is -2.50. The molecular formula is C35H34FN7O3. The highest BCUT2D eigenvalue weighted by atomic mass is 19.1. The summed E-state index contributed by atoms with van der Waals surface area (Å²) >= 11 is 0. The summed E-state index contributed by atoms with van der Waals surface area (Å²) in [6, 6.07) is 17.1. The summed E-state index contributed by atoms with van der Waals surface area (Å²) in [5.41, 5.74) is 11.3. The second kappa shape index (κ2) is 10.8. The predicted molar refractivity (Wildman–Crippen MR) is 174 cm³/mol. The third-order valence-electron chi connectivity index (χ3n) is 9.28. The van der Waals surface area contributed by atoms with Crippen molar-refractivity contribution >= 4 is 38.7 Å². The van der Waals surface area contributed by atoms with Crippen molar-refractivity contribution in [1.29, 1.82) is 0 Å². The number of fused-ring (bicyclic) bond motifs is 3. The molecule has 2 aliphatic rings. The van der Waals surface area contributed by atoms with Crippen LogP contribution in [0.25, 0.3) is 55.6 Å². The number of carbonyl (C=O) groups excluding carboxylic acids is 1. The van der Waals surface area contributed by atoms with E-state index in [2.05, 4.69) is 16.7 Å². The number of benzene rings is 2. The third-order valence-corrected chi connectivity index (χ3v) is 9.28. The van der Waals surface area contributed by atoms with Crippen LogP contribution in [0.5, 0.6) is 5.75 Å². The van der Waals surface area contributed by atoms with Crippen LogP contribution in [0.3, 0.4) is 0 Å². The minimum absolute atomic E-state index is 0.0223. The number of nitrogens with two attached hydrogens (primary N) is 1. The van der Waals surface area contributed by atoms with Gasteiger partial charge in [0.15, 0.2) is 18.2 Å². The van der Waals surface area contributed by atoms with Crippen molar-refractivity contribution in [3.63, 3.8) is 0 Å². The van der Waals surface area contributed by atoms with Crippen LogP contribution in [0.4, 0.5) is 4.39 Å². The van der Waals surface area contributed by atoms with E-state index in [1.54, 1.807) is 25.4 Å². The number of hydrogen-bond donors (Lipinski definition) is 1. The summed E-state index contributed by atoms with van der Waals surface area (Å²) < 4.78 is 25.1. The Kier molecular flexibility index (Phi) is 6.68. The normalized spacial score (nSPS) is 18.6. The summed E-state index contributed by atoms with van der Waals surface area (Å²) in [5, 5.41) is 14.8. The van der Waals surface area contributed by atoms with Crippen molar-refractivity contribution in [3.8, 4) is 28.5 Å². The first-order valence-corrected chi connectivity index (χ1v) is 15.6. The van der Waals surface area contributed by atoms with Crippen LogP contribution >= 0.6 is 0 Å². The number of carbonyl (C=O) groups is 1. The van der Waals surface area contributed by atoms with Crippen LogP contribution in [0.15, 0.2) is 67.0 Å². The van der Waals surface area contributed by atoms with E-state index < -0.39 is 12.2 Å². The number of likely N-dealkylation sites (tertiary alicyclic amines) is 1. The number of piperidine rings is 1. The zero-order chi connectivity index (χ0) is 31.7. The van der Waals surface area contributed by atoms with Crippen molar-refractivity contribution in [3.05, 3.63) is 77.8 Å². The van der Waals surface area contributed by atoms with Gasteiger partial charge in [-0.05, 0) is 67.0 Å². The van der Waals surface area contributed by atoms with E-state index in [4.69, 9.17) is 20.4 Å². The second-order valence-corrected chi connectivity index (χ2v) is 12.7. The van der Waals surface area contributed by atoms with Gasteiger partial charge in [-0.2, -0.15) is 4.73 Å². The Labute approximate surface area is 264 Å². The topological polar surface area (TPSA) is 118 Å². The van der Waals surface area contributed by atoms with Gasteiger partial charge >= 0.3 is 0 Å². The number of aromatic nitrogens is 5. The van der Waals surface area contributed by atoms with Gasteiger partial charge in [0, 0.05) is 54.1 Å². The number of imidazole rings is 1. The van der Waals surface area contributed by atoms with Crippen molar-refractivity contribution in [1.82, 2.24) is 24.0 Å². The Morgan fingerprint density at radius 1 is 1.07 bits per heavy atom. The van der Waals surface area contributed by atoms with E-state index in [9.17, 15) is 14.4 Å². The SMILES string of the molecule is COc1cc(C(=O)N2C[C@H](N)C[C@@H](F)C2)cc2nc(-c3cc4ccc(-c5ccc6cc[n+]([O-])cc6c5)nc4n3CC3CC3)n(C)c12. The smallest absolute Gasteiger partial charge is 0.254 e. The van der Waals surface area contributed by atoms with Crippen LogP contribution in [0.1, 0.15) is 29.6 Å². The molecule has 6 aromatic rings. The van der Waals surface area contributed by atoms with E-state index in [1.807, 2.05) is 41.9 Å². The Bertz CT molecular complexity index is 2160. The largest absolute Gasteiger partial charge is 0.619 e. The maximum absolute atomic E-state index is 14.3. The van der Waals surface area contributed by atoms with Gasteiger partial charge in [0.1, 0.15) is 23.1 Å². The molecule has 4 aromatic heterocycles. The summed E-state index contributed by atoms with van der Waals surface area (Å²) in [6.07, 6.45) is 4.52. The van der Waals surface area contributed by atoms with Crippen molar-refractivity contribution in [2.75, 3.05) is 20.2 Å². The maximum Gasteiger partial charge on any atom is 0.254 e. The van der Waals surface area contributed by atoms with Crippen LogP contribution < -0.4 is 15.2 Å². The number of aryl methyl sites for hydroxylation is 1. The molecule has 1 saturated heterocycles. The van der Waals surface area contributed by atoms with E-state index in [-0.39, 0.29) is 18.9 Å². The fourth-order valence-corrected chi connectivity index (χ4v) is 6.79. The number of hydrogen-bond acceptors (Lipinski definition) is 6. The lowest BCUT2D eigenvalue weighted by atomic mass is 10.0. The van der Waals surface area contributed by atoms with Crippen molar-refractivity contribution in [2.45, 2.75) is 38.0 Å². The number of alkyl halides is 1. The highest BCUT2D eigenvalue weighted by Gasteiger charge is 2.30. The number of methoxy groups -OCH3 is 1. The minimum Gasteiger partial charge on any atom is -0.619 e. The Morgan fingerprint density at radius 3 is 2.67 bits per heavy atom. The van der Waals surface area contributed by atoms with Gasteiger partial charge in [0.05, 0.1) is 30.6 Å². The summed E-state index contributed by atoms with van der Waals surface area (Å²) in [4.78, 5) is 25.2. The average molecular weight is 620 g/mol. The van der Waals surface area contributed by atoms with Gasteiger partial charge in [-0.1, -0.05) is 12.1 Å². The molecule has 1 aliphatic heterocycles. The van der Waals surface area contributed by atoms with Crippen molar-refractivity contribution < 1.29 is 18.7 Å². The van der Waals surface area contributed by atoms with E-state index in [0.29, 0.717) is 29.3 Å². The molecule has 0 spiro atoms. The molecule has 10 nitrogen and oxygen atoms in total. The molecule has 46 heavy (non-hydrogen) atoms. The number of pyridine rings is 2. The molecule has 2 N–H and O–H groups in total. The first kappa shape index (κ1) is 28.4. The molecule has 1 aliphatic carbocycles. The first-order chi connectivity index (χ1) is 22.2. The molecule has 0 unspecified atom stereocenters. The highest BCUT2D eigenvalue weighted by Crippen LogP contribution is 2.38. The lowest BCUT2D eigenvalue weighted by molar-refractivity contribution is -0.603. The molecule has 5 heterocycles.